The predicted octanol–water partition coefficient (Wildman–Crippen LogP) is 2.07. The number of H-pyrrole nitrogens is 1. The number of aromatic amines is 1. The first kappa shape index (κ1) is 14.9. The fraction of sp³-hybridized carbons (Fsp3) is 0.294. The number of fused-ring (bicyclic) bond motifs is 1. The van der Waals surface area contributed by atoms with E-state index in [0.717, 1.165) is 26.2 Å². The number of anilines is 1. The molecule has 1 fully saturated rings. The molecule has 4 rings (SSSR count). The molecule has 1 saturated heterocycles. The Hall–Kier alpha value is -2.67. The van der Waals surface area contributed by atoms with E-state index in [9.17, 15) is 9.18 Å². The highest BCUT2D eigenvalue weighted by Gasteiger charge is 2.19. The second-order valence-corrected chi connectivity index (χ2v) is 6.00. The molecule has 7 heteroatoms. The zero-order valence-corrected chi connectivity index (χ0v) is 13.3. The number of nitrogens with zero attached hydrogens (tertiary/aromatic N) is 3. The number of benzene rings is 1. The molecule has 2 aromatic heterocycles. The summed E-state index contributed by atoms with van der Waals surface area (Å²) in [4.78, 5) is 23.6. The van der Waals surface area contributed by atoms with Gasteiger partial charge in [0.2, 0.25) is 0 Å². The van der Waals surface area contributed by atoms with Crippen LogP contribution in [-0.4, -0.2) is 48.1 Å². The van der Waals surface area contributed by atoms with Gasteiger partial charge in [0.05, 0.1) is 22.9 Å². The molecule has 3 heterocycles. The van der Waals surface area contributed by atoms with E-state index in [-0.39, 0.29) is 11.4 Å². The molecule has 24 heavy (non-hydrogen) atoms. The van der Waals surface area contributed by atoms with Crippen LogP contribution in [0.25, 0.3) is 22.5 Å². The Bertz CT molecular complexity index is 928. The van der Waals surface area contributed by atoms with Crippen LogP contribution in [0.15, 0.2) is 39.7 Å². The number of hydrogen-bond acceptors (Lipinski definition) is 5. The van der Waals surface area contributed by atoms with Crippen LogP contribution in [0.4, 0.5) is 10.1 Å². The summed E-state index contributed by atoms with van der Waals surface area (Å²) in [6.07, 6.45) is 1.50. The van der Waals surface area contributed by atoms with Gasteiger partial charge in [0.1, 0.15) is 5.82 Å². The number of piperazine rings is 1. The fourth-order valence-corrected chi connectivity index (χ4v) is 2.97. The molecule has 6 nitrogen and oxygen atoms in total. The molecule has 0 saturated carbocycles. The molecule has 0 aliphatic carbocycles. The van der Waals surface area contributed by atoms with E-state index in [1.165, 1.54) is 12.3 Å². The van der Waals surface area contributed by atoms with E-state index in [1.807, 2.05) is 11.9 Å². The topological polar surface area (TPSA) is 65.4 Å². The Morgan fingerprint density at radius 1 is 1.25 bits per heavy atom. The average molecular weight is 328 g/mol. The lowest BCUT2D eigenvalue weighted by Gasteiger charge is -2.34. The van der Waals surface area contributed by atoms with E-state index in [4.69, 9.17) is 4.42 Å². The van der Waals surface area contributed by atoms with Crippen LogP contribution < -0.4 is 10.5 Å². The Morgan fingerprint density at radius 3 is 2.75 bits per heavy atom. The second kappa shape index (κ2) is 5.76. The quantitative estimate of drug-likeness (QED) is 0.780. The number of aromatic nitrogens is 2. The highest BCUT2D eigenvalue weighted by atomic mass is 19.1. The standard InChI is InChI=1S/C17H17FN4O2/c1-21-4-6-22(7-5-21)14-9-11-13(10-12(14)18)19-16(20-17(11)23)15-3-2-8-24-15/h2-3,8-10H,4-7H2,1H3,(H,19,20,23). The first-order chi connectivity index (χ1) is 11.6. The zero-order chi connectivity index (χ0) is 16.7. The summed E-state index contributed by atoms with van der Waals surface area (Å²) in [5.74, 6) is 0.373. The minimum Gasteiger partial charge on any atom is -0.461 e. The number of rotatable bonds is 2. The third-order valence-electron chi connectivity index (χ3n) is 4.37. The molecular formula is C17H17FN4O2. The van der Waals surface area contributed by atoms with E-state index >= 15 is 0 Å². The smallest absolute Gasteiger partial charge is 0.259 e. The number of halogens is 1. The lowest BCUT2D eigenvalue weighted by molar-refractivity contribution is 0.312. The van der Waals surface area contributed by atoms with Gasteiger partial charge in [0.15, 0.2) is 11.6 Å². The maximum atomic E-state index is 14.6. The van der Waals surface area contributed by atoms with Crippen LogP contribution in [-0.2, 0) is 0 Å². The maximum absolute atomic E-state index is 14.6. The van der Waals surface area contributed by atoms with Crippen molar-refractivity contribution >= 4 is 16.6 Å². The van der Waals surface area contributed by atoms with Gasteiger partial charge in [0, 0.05) is 32.2 Å². The number of furan rings is 1. The summed E-state index contributed by atoms with van der Waals surface area (Å²) in [5, 5.41) is 0.376. The van der Waals surface area contributed by atoms with Gasteiger partial charge in [-0.15, -0.1) is 0 Å². The molecule has 0 unspecified atom stereocenters. The molecule has 3 aromatic rings. The van der Waals surface area contributed by atoms with E-state index in [1.54, 1.807) is 18.2 Å². The third-order valence-corrected chi connectivity index (χ3v) is 4.37. The van der Waals surface area contributed by atoms with E-state index in [2.05, 4.69) is 14.9 Å². The lowest BCUT2D eigenvalue weighted by Crippen LogP contribution is -2.44. The number of likely N-dealkylation sites (N-methyl/N-ethyl adjacent to an activating group) is 1. The minimum absolute atomic E-state index is 0.296. The van der Waals surface area contributed by atoms with Crippen LogP contribution in [0.3, 0.4) is 0 Å². The van der Waals surface area contributed by atoms with Gasteiger partial charge in [-0.1, -0.05) is 0 Å². The third kappa shape index (κ3) is 2.56. The molecule has 1 aromatic carbocycles. The summed E-state index contributed by atoms with van der Waals surface area (Å²) < 4.78 is 19.8. The molecule has 124 valence electrons. The highest BCUT2D eigenvalue weighted by Crippen LogP contribution is 2.25. The Morgan fingerprint density at radius 2 is 2.04 bits per heavy atom. The molecule has 0 radical (unpaired) electrons. The monoisotopic (exact) mass is 328 g/mol. The second-order valence-electron chi connectivity index (χ2n) is 6.00. The molecule has 0 bridgehead atoms. The van der Waals surface area contributed by atoms with Gasteiger partial charge in [0.25, 0.3) is 5.56 Å². The zero-order valence-electron chi connectivity index (χ0n) is 13.3. The Kier molecular flexibility index (Phi) is 3.57. The van der Waals surface area contributed by atoms with Crippen LogP contribution >= 0.6 is 0 Å². The van der Waals surface area contributed by atoms with Gasteiger partial charge in [-0.2, -0.15) is 0 Å². The average Bonchev–Trinajstić information content (AvgIpc) is 3.10. The molecule has 1 aliphatic rings. The van der Waals surface area contributed by atoms with Crippen molar-refractivity contribution in [2.24, 2.45) is 0 Å². The van der Waals surface area contributed by atoms with Crippen molar-refractivity contribution < 1.29 is 8.81 Å². The minimum atomic E-state index is -0.365. The highest BCUT2D eigenvalue weighted by molar-refractivity contribution is 5.83. The first-order valence-corrected chi connectivity index (χ1v) is 7.83. The molecule has 0 spiro atoms. The Balaban J connectivity index is 1.79. The van der Waals surface area contributed by atoms with Crippen molar-refractivity contribution in [3.05, 3.63) is 46.7 Å². The SMILES string of the molecule is CN1CCN(c2cc3c(=O)[nH]c(-c4ccco4)nc3cc2F)CC1. The summed E-state index contributed by atoms with van der Waals surface area (Å²) in [5.41, 5.74) is 0.468. The number of hydrogen-bond donors (Lipinski definition) is 1. The van der Waals surface area contributed by atoms with Crippen molar-refractivity contribution in [3.8, 4) is 11.6 Å². The van der Waals surface area contributed by atoms with Crippen LogP contribution in [0.2, 0.25) is 0 Å². The lowest BCUT2D eigenvalue weighted by atomic mass is 10.1. The van der Waals surface area contributed by atoms with Crippen LogP contribution in [0.5, 0.6) is 0 Å². The van der Waals surface area contributed by atoms with Crippen LogP contribution in [0.1, 0.15) is 0 Å². The van der Waals surface area contributed by atoms with Gasteiger partial charge in [-0.3, -0.25) is 4.79 Å². The summed E-state index contributed by atoms with van der Waals surface area (Å²) in [7, 11) is 2.04. The van der Waals surface area contributed by atoms with Gasteiger partial charge >= 0.3 is 0 Å². The fourth-order valence-electron chi connectivity index (χ4n) is 2.97. The van der Waals surface area contributed by atoms with Crippen molar-refractivity contribution in [3.63, 3.8) is 0 Å². The summed E-state index contributed by atoms with van der Waals surface area (Å²) in [6, 6.07) is 6.31. The molecule has 1 aliphatic heterocycles. The Labute approximate surface area is 137 Å². The van der Waals surface area contributed by atoms with Crippen molar-refractivity contribution in [1.29, 1.82) is 0 Å². The first-order valence-electron chi connectivity index (χ1n) is 7.83. The predicted molar refractivity (Wildman–Crippen MR) is 89.7 cm³/mol. The van der Waals surface area contributed by atoms with E-state index < -0.39 is 0 Å². The number of nitrogens with one attached hydrogen (secondary N) is 1. The van der Waals surface area contributed by atoms with Crippen LogP contribution in [0, 0.1) is 5.82 Å². The molecular weight excluding hydrogens is 311 g/mol. The van der Waals surface area contributed by atoms with Crippen molar-refractivity contribution in [2.75, 3.05) is 38.1 Å². The van der Waals surface area contributed by atoms with Crippen molar-refractivity contribution in [2.45, 2.75) is 0 Å². The molecule has 1 N–H and O–H groups in total. The van der Waals surface area contributed by atoms with Gasteiger partial charge in [-0.25, -0.2) is 9.37 Å². The van der Waals surface area contributed by atoms with E-state index in [0.29, 0.717) is 28.2 Å². The normalized spacial score (nSPS) is 16.0. The van der Waals surface area contributed by atoms with Gasteiger partial charge < -0.3 is 19.2 Å². The summed E-state index contributed by atoms with van der Waals surface area (Å²) in [6.45, 7) is 3.19. The maximum Gasteiger partial charge on any atom is 0.259 e. The van der Waals surface area contributed by atoms with Gasteiger partial charge in [-0.05, 0) is 25.2 Å². The van der Waals surface area contributed by atoms with Crippen molar-refractivity contribution in [1.82, 2.24) is 14.9 Å². The largest absolute Gasteiger partial charge is 0.461 e. The molecule has 0 atom stereocenters. The summed E-state index contributed by atoms with van der Waals surface area (Å²) >= 11 is 0. The molecule has 0 amide bonds.